The Balaban J connectivity index is 1.87. The molecule has 1 aliphatic rings. The number of nitrogens with zero attached hydrogens (tertiary/aromatic N) is 3. The molecule has 0 aliphatic carbocycles. The molecule has 36 heavy (non-hydrogen) atoms. The van der Waals surface area contributed by atoms with Crippen molar-refractivity contribution < 1.29 is 18.7 Å². The van der Waals surface area contributed by atoms with Gasteiger partial charge in [-0.15, -0.1) is 23.1 Å². The lowest BCUT2D eigenvalue weighted by atomic mass is 9.88. The molecule has 0 fully saturated rings. The Morgan fingerprint density at radius 3 is 2.64 bits per heavy atom. The fourth-order valence-corrected chi connectivity index (χ4v) is 6.32. The van der Waals surface area contributed by atoms with Gasteiger partial charge in [0.1, 0.15) is 18.2 Å². The summed E-state index contributed by atoms with van der Waals surface area (Å²) in [5.74, 6) is 0.00176. The lowest BCUT2D eigenvalue weighted by Crippen LogP contribution is -2.42. The molecule has 1 N–H and O–H groups in total. The largest absolute Gasteiger partial charge is 0.385 e. The van der Waals surface area contributed by atoms with Crippen LogP contribution in [-0.4, -0.2) is 54.2 Å². The van der Waals surface area contributed by atoms with E-state index in [1.54, 1.807) is 47.0 Å². The van der Waals surface area contributed by atoms with E-state index in [1.165, 1.54) is 17.0 Å². The molecule has 1 atom stereocenters. The summed E-state index contributed by atoms with van der Waals surface area (Å²) in [6.45, 7) is 7.12. The third-order valence-electron chi connectivity index (χ3n) is 5.82. The maximum Gasteiger partial charge on any atom is 0.240 e. The predicted octanol–water partition coefficient (Wildman–Crippen LogP) is 4.69. The molecule has 2 aromatic heterocycles. The fourth-order valence-electron chi connectivity index (χ4n) is 4.14. The lowest BCUT2D eigenvalue weighted by molar-refractivity contribution is -0.122. The van der Waals surface area contributed by atoms with Crippen molar-refractivity contribution in [2.75, 3.05) is 37.5 Å². The van der Waals surface area contributed by atoms with Crippen LogP contribution in [0.2, 0.25) is 0 Å². The highest BCUT2D eigenvalue weighted by atomic mass is 32.2. The molecule has 0 radical (unpaired) electrons. The molecule has 0 saturated carbocycles. The molecule has 3 heterocycles. The Kier molecular flexibility index (Phi) is 8.17. The highest BCUT2D eigenvalue weighted by Gasteiger charge is 2.40. The molecule has 0 bridgehead atoms. The predicted molar refractivity (Wildman–Crippen MR) is 143 cm³/mol. The van der Waals surface area contributed by atoms with Gasteiger partial charge in [0.05, 0.1) is 22.4 Å². The number of carbonyl (C=O) groups is 2. The number of rotatable bonds is 8. The number of benzene rings is 1. The summed E-state index contributed by atoms with van der Waals surface area (Å²) in [4.78, 5) is 29.1. The van der Waals surface area contributed by atoms with Crippen LogP contribution < -0.4 is 10.2 Å². The smallest absolute Gasteiger partial charge is 0.240 e. The summed E-state index contributed by atoms with van der Waals surface area (Å²) >= 11 is 3.18. The van der Waals surface area contributed by atoms with Crippen LogP contribution >= 0.6 is 23.1 Å². The number of thioether (sulfide) groups is 1. The molecular weight excluding hydrogens is 499 g/mol. The maximum absolute atomic E-state index is 13.8. The molecule has 1 aliphatic heterocycles. The van der Waals surface area contributed by atoms with E-state index in [9.17, 15) is 14.0 Å². The monoisotopic (exact) mass is 530 g/mol. The molecule has 7 nitrogen and oxygen atoms in total. The van der Waals surface area contributed by atoms with E-state index in [1.807, 2.05) is 11.4 Å². The highest BCUT2D eigenvalue weighted by molar-refractivity contribution is 8.00. The zero-order valence-corrected chi connectivity index (χ0v) is 22.5. The van der Waals surface area contributed by atoms with Crippen LogP contribution in [0.1, 0.15) is 48.6 Å². The summed E-state index contributed by atoms with van der Waals surface area (Å²) in [5.41, 5.74) is 2.04. The molecule has 10 heteroatoms. The number of aromatic nitrogens is 2. The zero-order chi connectivity index (χ0) is 25.9. The van der Waals surface area contributed by atoms with Crippen LogP contribution in [-0.2, 0) is 19.7 Å². The standard InChI is InChI=1S/C26H31FN4O3S2/c1-26(2,3)24-22-23(19-7-5-14-35-19)36-16-21(33)30(15-20(32)28-12-6-13-34-4)25(22)31(29-24)18-10-8-17(27)9-11-18/h5,7-11,14,23H,6,12-13,15-16H2,1-4H3,(H,28,32). The van der Waals surface area contributed by atoms with Crippen molar-refractivity contribution in [3.8, 4) is 5.69 Å². The molecule has 2 amide bonds. The molecular formula is C26H31FN4O3S2. The number of hydrogen-bond donors (Lipinski definition) is 1. The minimum Gasteiger partial charge on any atom is -0.385 e. The van der Waals surface area contributed by atoms with E-state index >= 15 is 0 Å². The van der Waals surface area contributed by atoms with Crippen molar-refractivity contribution in [3.63, 3.8) is 0 Å². The summed E-state index contributed by atoms with van der Waals surface area (Å²) < 4.78 is 20.5. The zero-order valence-electron chi connectivity index (χ0n) is 20.9. The molecule has 4 rings (SSSR count). The van der Waals surface area contributed by atoms with Crippen LogP contribution in [0.25, 0.3) is 5.69 Å². The molecule has 192 valence electrons. The van der Waals surface area contributed by atoms with Crippen LogP contribution in [0.4, 0.5) is 10.2 Å². The van der Waals surface area contributed by atoms with Crippen molar-refractivity contribution in [1.82, 2.24) is 15.1 Å². The third kappa shape index (κ3) is 5.66. The van der Waals surface area contributed by atoms with Gasteiger partial charge in [-0.25, -0.2) is 9.07 Å². The summed E-state index contributed by atoms with van der Waals surface area (Å²) in [6, 6.07) is 10.1. The summed E-state index contributed by atoms with van der Waals surface area (Å²) in [6.07, 6.45) is 0.680. The summed E-state index contributed by atoms with van der Waals surface area (Å²) in [7, 11) is 1.62. The molecule has 0 spiro atoms. The van der Waals surface area contributed by atoms with Gasteiger partial charge in [0.25, 0.3) is 0 Å². The Morgan fingerprint density at radius 1 is 1.25 bits per heavy atom. The first-order valence-corrected chi connectivity index (χ1v) is 13.7. The second kappa shape index (κ2) is 11.1. The minimum atomic E-state index is -0.358. The van der Waals surface area contributed by atoms with Crippen molar-refractivity contribution >= 4 is 40.7 Å². The van der Waals surface area contributed by atoms with Crippen molar-refractivity contribution in [3.05, 3.63) is 63.7 Å². The van der Waals surface area contributed by atoms with Gasteiger partial charge in [0, 0.05) is 36.1 Å². The van der Waals surface area contributed by atoms with Gasteiger partial charge in [-0.1, -0.05) is 26.8 Å². The lowest BCUT2D eigenvalue weighted by Gasteiger charge is -2.24. The normalized spacial score (nSPS) is 16.1. The Morgan fingerprint density at radius 2 is 2.00 bits per heavy atom. The third-order valence-corrected chi connectivity index (χ3v) is 8.14. The average molecular weight is 531 g/mol. The second-order valence-electron chi connectivity index (χ2n) is 9.61. The van der Waals surface area contributed by atoms with E-state index < -0.39 is 0 Å². The first kappa shape index (κ1) is 26.4. The number of fused-ring (bicyclic) bond motifs is 1. The Hall–Kier alpha value is -2.69. The average Bonchev–Trinajstić information content (AvgIpc) is 3.47. The number of anilines is 1. The van der Waals surface area contributed by atoms with Gasteiger partial charge >= 0.3 is 0 Å². The number of amides is 2. The summed E-state index contributed by atoms with van der Waals surface area (Å²) in [5, 5.41) is 9.77. The van der Waals surface area contributed by atoms with Crippen LogP contribution in [0.5, 0.6) is 0 Å². The van der Waals surface area contributed by atoms with E-state index in [4.69, 9.17) is 9.84 Å². The van der Waals surface area contributed by atoms with Gasteiger partial charge < -0.3 is 10.1 Å². The maximum atomic E-state index is 13.8. The Bertz CT molecular complexity index is 1200. The van der Waals surface area contributed by atoms with E-state index in [0.717, 1.165) is 16.1 Å². The number of carbonyl (C=O) groups excluding carboxylic acids is 2. The molecule has 0 saturated heterocycles. The van der Waals surface area contributed by atoms with E-state index in [0.29, 0.717) is 31.1 Å². The van der Waals surface area contributed by atoms with Gasteiger partial charge in [0.15, 0.2) is 0 Å². The van der Waals surface area contributed by atoms with Gasteiger partial charge in [-0.05, 0) is 42.1 Å². The SMILES string of the molecule is COCCCNC(=O)CN1C(=O)CSC(c2cccs2)c2c(C(C)(C)C)nn(-c3ccc(F)cc3)c21. The Labute approximate surface area is 219 Å². The van der Waals surface area contributed by atoms with Crippen molar-refractivity contribution in [1.29, 1.82) is 0 Å². The minimum absolute atomic E-state index is 0.123. The van der Waals surface area contributed by atoms with Crippen molar-refractivity contribution in [2.24, 2.45) is 0 Å². The van der Waals surface area contributed by atoms with Crippen LogP contribution in [0, 0.1) is 5.82 Å². The molecule has 1 aromatic carbocycles. The van der Waals surface area contributed by atoms with Crippen LogP contribution in [0.3, 0.4) is 0 Å². The first-order valence-electron chi connectivity index (χ1n) is 11.8. The second-order valence-corrected chi connectivity index (χ2v) is 11.7. The number of halogens is 1. The molecule has 1 unspecified atom stereocenters. The highest BCUT2D eigenvalue weighted by Crippen LogP contribution is 2.49. The number of ether oxygens (including phenoxy) is 1. The van der Waals surface area contributed by atoms with Gasteiger partial charge in [-0.2, -0.15) is 5.10 Å². The van der Waals surface area contributed by atoms with Gasteiger partial charge in [-0.3, -0.25) is 14.5 Å². The number of hydrogen-bond acceptors (Lipinski definition) is 6. The molecule has 3 aromatic rings. The topological polar surface area (TPSA) is 76.5 Å². The van der Waals surface area contributed by atoms with Crippen molar-refractivity contribution in [2.45, 2.75) is 37.9 Å². The fraction of sp³-hybridized carbons (Fsp3) is 0.423. The quantitative estimate of drug-likeness (QED) is 0.428. The van der Waals surface area contributed by atoms with E-state index in [-0.39, 0.29) is 40.6 Å². The number of nitrogens with one attached hydrogen (secondary N) is 1. The number of thiophene rings is 1. The number of methoxy groups -OCH3 is 1. The van der Waals surface area contributed by atoms with Gasteiger partial charge in [0.2, 0.25) is 11.8 Å². The first-order chi connectivity index (χ1) is 17.2. The van der Waals surface area contributed by atoms with Crippen LogP contribution in [0.15, 0.2) is 41.8 Å². The van der Waals surface area contributed by atoms with E-state index in [2.05, 4.69) is 32.2 Å².